The maximum absolute atomic E-state index is 13.5. The van der Waals surface area contributed by atoms with E-state index in [9.17, 15) is 20.1 Å². The molecule has 0 radical (unpaired) electrons. The van der Waals surface area contributed by atoms with Crippen LogP contribution in [0.3, 0.4) is 0 Å². The first-order valence-corrected chi connectivity index (χ1v) is 12.0. The van der Waals surface area contributed by atoms with Gasteiger partial charge in [0.15, 0.2) is 0 Å². The minimum atomic E-state index is -1.18. The number of nitrogens with zero attached hydrogens (tertiary/aromatic N) is 2. The maximum Gasteiger partial charge on any atom is 0.263 e. The number of rotatable bonds is 6. The lowest BCUT2D eigenvalue weighted by Crippen LogP contribution is -2.45. The second kappa shape index (κ2) is 10.4. The Labute approximate surface area is 217 Å². The number of nitrogens with one attached hydrogen (secondary N) is 3. The van der Waals surface area contributed by atoms with Gasteiger partial charge >= 0.3 is 0 Å². The van der Waals surface area contributed by atoms with Crippen molar-refractivity contribution in [2.24, 2.45) is 11.3 Å². The molecule has 0 saturated heterocycles. The van der Waals surface area contributed by atoms with Gasteiger partial charge < -0.3 is 16.0 Å². The van der Waals surface area contributed by atoms with Crippen molar-refractivity contribution in [1.82, 2.24) is 5.32 Å². The molecule has 0 aliphatic carbocycles. The molecule has 1 heterocycles. The molecule has 0 bridgehead atoms. The first kappa shape index (κ1) is 26.8. The highest BCUT2D eigenvalue weighted by atomic mass is 35.5. The van der Waals surface area contributed by atoms with Crippen LogP contribution in [0.4, 0.5) is 11.4 Å². The summed E-state index contributed by atoms with van der Waals surface area (Å²) < 4.78 is 0. The average molecular weight is 504 g/mol. The zero-order valence-electron chi connectivity index (χ0n) is 21.1. The van der Waals surface area contributed by atoms with Gasteiger partial charge in [-0.2, -0.15) is 10.5 Å². The first-order valence-electron chi connectivity index (χ1n) is 11.6. The summed E-state index contributed by atoms with van der Waals surface area (Å²) in [6.45, 7) is 10.2. The molecule has 2 amide bonds. The van der Waals surface area contributed by atoms with E-state index in [1.165, 1.54) is 0 Å². The van der Waals surface area contributed by atoms with Crippen LogP contribution in [0.25, 0.3) is 0 Å². The first-order chi connectivity index (χ1) is 16.8. The summed E-state index contributed by atoms with van der Waals surface area (Å²) in [7, 11) is 0. The Bertz CT molecular complexity index is 1220. The average Bonchev–Trinajstić information content (AvgIpc) is 2.89. The van der Waals surface area contributed by atoms with Crippen molar-refractivity contribution in [2.45, 2.75) is 52.5 Å². The highest BCUT2D eigenvalue weighted by Gasteiger charge is 2.38. The molecule has 2 aromatic carbocycles. The number of anilines is 2. The summed E-state index contributed by atoms with van der Waals surface area (Å²) in [6, 6.07) is 17.7. The van der Waals surface area contributed by atoms with Crippen molar-refractivity contribution >= 4 is 34.8 Å². The van der Waals surface area contributed by atoms with E-state index in [-0.39, 0.29) is 16.7 Å². The Morgan fingerprint density at radius 3 is 1.86 bits per heavy atom. The Kier molecular flexibility index (Phi) is 7.77. The van der Waals surface area contributed by atoms with Crippen LogP contribution >= 0.6 is 11.6 Å². The second-order valence-electron chi connectivity index (χ2n) is 10.8. The summed E-state index contributed by atoms with van der Waals surface area (Å²) in [6.07, 6.45) is 0.678. The summed E-state index contributed by atoms with van der Waals surface area (Å²) in [5, 5.41) is 29.4. The fraction of sp³-hybridized carbons (Fsp3) is 0.357. The highest BCUT2D eigenvalue weighted by Crippen LogP contribution is 2.38. The van der Waals surface area contributed by atoms with Crippen molar-refractivity contribution in [3.8, 4) is 12.1 Å². The summed E-state index contributed by atoms with van der Waals surface area (Å²) in [5.74, 6) is -3.35. The van der Waals surface area contributed by atoms with Gasteiger partial charge in [0.1, 0.15) is 11.5 Å². The monoisotopic (exact) mass is 503 g/mol. The van der Waals surface area contributed by atoms with E-state index >= 15 is 0 Å². The fourth-order valence-electron chi connectivity index (χ4n) is 4.82. The largest absolute Gasteiger partial charge is 0.382 e. The van der Waals surface area contributed by atoms with Gasteiger partial charge in [-0.25, -0.2) is 0 Å². The molecular formula is C28H30ClN5O2. The van der Waals surface area contributed by atoms with Gasteiger partial charge in [-0.1, -0.05) is 56.6 Å². The van der Waals surface area contributed by atoms with Crippen molar-refractivity contribution < 1.29 is 9.59 Å². The molecule has 0 saturated carbocycles. The number of carbonyl (C=O) groups excluding carboxylic acids is 2. The number of benzene rings is 2. The molecule has 1 atom stereocenters. The van der Waals surface area contributed by atoms with Crippen molar-refractivity contribution in [1.29, 1.82) is 10.5 Å². The van der Waals surface area contributed by atoms with Crippen LogP contribution in [-0.4, -0.2) is 17.4 Å². The minimum Gasteiger partial charge on any atom is -0.382 e. The Morgan fingerprint density at radius 1 is 0.917 bits per heavy atom. The van der Waals surface area contributed by atoms with E-state index in [0.29, 0.717) is 28.4 Å². The molecule has 3 N–H and O–H groups in total. The van der Waals surface area contributed by atoms with E-state index in [2.05, 4.69) is 36.7 Å². The fourth-order valence-corrected chi connectivity index (χ4v) is 4.95. The van der Waals surface area contributed by atoms with E-state index in [1.54, 1.807) is 48.5 Å². The maximum atomic E-state index is 13.5. The summed E-state index contributed by atoms with van der Waals surface area (Å²) in [5.41, 5.74) is 0.845. The Morgan fingerprint density at radius 2 is 1.42 bits per heavy atom. The van der Waals surface area contributed by atoms with Gasteiger partial charge in [0.2, 0.25) is 0 Å². The van der Waals surface area contributed by atoms with Crippen molar-refractivity contribution in [3.63, 3.8) is 0 Å². The number of nitriles is 2. The zero-order chi connectivity index (χ0) is 26.7. The van der Waals surface area contributed by atoms with Crippen LogP contribution in [0.5, 0.6) is 0 Å². The molecule has 0 fully saturated rings. The molecule has 186 valence electrons. The van der Waals surface area contributed by atoms with Crippen LogP contribution in [-0.2, 0) is 9.59 Å². The number of amides is 2. The quantitative estimate of drug-likeness (QED) is 0.343. The number of halogens is 1. The standard InChI is InChI=1S/C28H30ClN5O2/c1-27(2,3)16-28(4,5)34-24(22(18(14-30)15-31)17-10-12-19(29)13-11-17)23-25(35)32-20-8-6-7-9-21(20)33-26(23)36/h6-13,18,22,34H,16H2,1-5H3,(H,32,35)(H,33,36). The number of carbonyl (C=O) groups is 2. The van der Waals surface area contributed by atoms with Crippen LogP contribution in [0.1, 0.15) is 52.5 Å². The molecule has 2 aromatic rings. The molecule has 1 aliphatic heterocycles. The number of para-hydroxylation sites is 2. The molecule has 0 spiro atoms. The molecule has 36 heavy (non-hydrogen) atoms. The Balaban J connectivity index is 2.29. The van der Waals surface area contributed by atoms with Crippen LogP contribution in [0.15, 0.2) is 59.8 Å². The second-order valence-corrected chi connectivity index (χ2v) is 11.2. The summed E-state index contributed by atoms with van der Waals surface area (Å²) in [4.78, 5) is 27.1. The molecule has 1 aliphatic rings. The minimum absolute atomic E-state index is 0.0872. The van der Waals surface area contributed by atoms with Gasteiger partial charge in [0, 0.05) is 16.3 Å². The van der Waals surface area contributed by atoms with Gasteiger partial charge in [-0.15, -0.1) is 0 Å². The van der Waals surface area contributed by atoms with Crippen molar-refractivity contribution in [3.05, 3.63) is 70.4 Å². The predicted molar refractivity (Wildman–Crippen MR) is 141 cm³/mol. The molecule has 0 aromatic heterocycles. The lowest BCUT2D eigenvalue weighted by atomic mass is 9.78. The lowest BCUT2D eigenvalue weighted by molar-refractivity contribution is -0.118. The highest BCUT2D eigenvalue weighted by molar-refractivity contribution is 6.30. The van der Waals surface area contributed by atoms with E-state index < -0.39 is 29.2 Å². The van der Waals surface area contributed by atoms with Gasteiger partial charge in [0.25, 0.3) is 11.8 Å². The SMILES string of the molecule is CC(C)(C)CC(C)(C)NC(=C1C(=O)Nc2ccccc2NC1=O)C(c1ccc(Cl)cc1)C(C#N)C#N. The molecule has 1 unspecified atom stereocenters. The third-order valence-corrected chi connectivity index (χ3v) is 6.00. The van der Waals surface area contributed by atoms with Gasteiger partial charge in [-0.05, 0) is 55.5 Å². The molecular weight excluding hydrogens is 474 g/mol. The number of hydrogen-bond acceptors (Lipinski definition) is 5. The number of hydrogen-bond donors (Lipinski definition) is 3. The van der Waals surface area contributed by atoms with E-state index in [4.69, 9.17) is 11.6 Å². The van der Waals surface area contributed by atoms with Gasteiger partial charge in [0.05, 0.1) is 29.4 Å². The van der Waals surface area contributed by atoms with Crippen LogP contribution in [0, 0.1) is 34.0 Å². The topological polar surface area (TPSA) is 118 Å². The normalized spacial score (nSPS) is 14.5. The lowest BCUT2D eigenvalue weighted by Gasteiger charge is -2.38. The number of allylic oxidation sites excluding steroid dienone is 1. The molecule has 8 heteroatoms. The van der Waals surface area contributed by atoms with E-state index in [0.717, 1.165) is 0 Å². The van der Waals surface area contributed by atoms with Gasteiger partial charge in [-0.3, -0.25) is 9.59 Å². The molecule has 7 nitrogen and oxygen atoms in total. The smallest absolute Gasteiger partial charge is 0.263 e. The number of fused-ring (bicyclic) bond motifs is 1. The third kappa shape index (κ3) is 6.24. The third-order valence-electron chi connectivity index (χ3n) is 5.74. The van der Waals surface area contributed by atoms with Crippen LogP contribution < -0.4 is 16.0 Å². The predicted octanol–water partition coefficient (Wildman–Crippen LogP) is 5.74. The summed E-state index contributed by atoms with van der Waals surface area (Å²) >= 11 is 6.10. The van der Waals surface area contributed by atoms with Crippen molar-refractivity contribution in [2.75, 3.05) is 10.6 Å². The van der Waals surface area contributed by atoms with Crippen LogP contribution in [0.2, 0.25) is 5.02 Å². The zero-order valence-corrected chi connectivity index (χ0v) is 21.8. The molecule has 3 rings (SSSR count). The Hall–Kier alpha value is -3.81. The van der Waals surface area contributed by atoms with E-state index in [1.807, 2.05) is 26.0 Å².